The van der Waals surface area contributed by atoms with Crippen LogP contribution in [0.2, 0.25) is 0 Å². The Hall–Kier alpha value is -3.40. The average Bonchev–Trinajstić information content (AvgIpc) is 3.40. The van der Waals surface area contributed by atoms with Gasteiger partial charge in [0.1, 0.15) is 22.0 Å². The molecule has 4 N–H and O–H groups in total. The van der Waals surface area contributed by atoms with Gasteiger partial charge < -0.3 is 21.1 Å². The van der Waals surface area contributed by atoms with Gasteiger partial charge in [-0.25, -0.2) is 4.39 Å². The van der Waals surface area contributed by atoms with Gasteiger partial charge in [0.15, 0.2) is 5.84 Å². The number of hydrogen-bond donors (Lipinski definition) is 3. The van der Waals surface area contributed by atoms with E-state index in [1.807, 2.05) is 0 Å². The topological polar surface area (TPSA) is 125 Å². The fourth-order valence-corrected chi connectivity index (χ4v) is 7.28. The molecular weight excluding hydrogens is 459 g/mol. The maximum absolute atomic E-state index is 13.8. The van der Waals surface area contributed by atoms with Crippen LogP contribution in [0.25, 0.3) is 0 Å². The minimum absolute atomic E-state index is 0.0828. The molecule has 4 atom stereocenters. The SMILES string of the molecule is Nc1ccc2c(c1)S(=O)(=O)N=C(C1=C(O)C3[C@H]4CC[C@H](C4)[C@@H]3N(Cc3ccc(F)cc3)C1=O)N2. The Bertz CT molecular complexity index is 1390. The van der Waals surface area contributed by atoms with E-state index in [0.717, 1.165) is 24.8 Å². The Balaban J connectivity index is 1.45. The number of nitrogens with one attached hydrogen (secondary N) is 1. The maximum atomic E-state index is 13.8. The first-order chi connectivity index (χ1) is 16.2. The standard InChI is InChI=1S/C24H23FN4O4S/c25-15-5-1-12(2-6-15)11-29-21-14-4-3-13(9-14)19(21)22(30)20(24(29)31)23-27-17-8-7-16(26)10-18(17)34(32,33)28-23/h1-2,5-8,10,13-14,19,21,30H,3-4,9,11,26H2,(H,27,28)/t13-,14+,19?,21-/m0/s1. The molecule has 6 rings (SSSR count). The van der Waals surface area contributed by atoms with Crippen LogP contribution in [0.4, 0.5) is 15.8 Å². The molecule has 0 radical (unpaired) electrons. The van der Waals surface area contributed by atoms with Crippen LogP contribution in [-0.2, 0) is 21.4 Å². The second-order valence-corrected chi connectivity index (χ2v) is 11.0. The molecule has 0 saturated heterocycles. The van der Waals surface area contributed by atoms with E-state index in [1.165, 1.54) is 24.3 Å². The molecule has 1 unspecified atom stereocenters. The predicted octanol–water partition coefficient (Wildman–Crippen LogP) is 3.19. The Kier molecular flexibility index (Phi) is 4.54. The summed E-state index contributed by atoms with van der Waals surface area (Å²) in [6.07, 6.45) is 2.83. The second-order valence-electron chi connectivity index (χ2n) is 9.46. The minimum Gasteiger partial charge on any atom is -0.511 e. The first-order valence-corrected chi connectivity index (χ1v) is 12.7. The van der Waals surface area contributed by atoms with Gasteiger partial charge in [-0.15, -0.1) is 4.40 Å². The molecule has 0 aromatic heterocycles. The molecule has 2 saturated carbocycles. The first kappa shape index (κ1) is 21.2. The summed E-state index contributed by atoms with van der Waals surface area (Å²) < 4.78 is 43.1. The Morgan fingerprint density at radius 3 is 2.65 bits per heavy atom. The number of aliphatic hydroxyl groups excluding tert-OH is 1. The summed E-state index contributed by atoms with van der Waals surface area (Å²) in [5, 5.41) is 14.2. The largest absolute Gasteiger partial charge is 0.511 e. The van der Waals surface area contributed by atoms with Crippen molar-refractivity contribution in [1.82, 2.24) is 4.90 Å². The van der Waals surface area contributed by atoms with E-state index in [2.05, 4.69) is 9.71 Å². The molecular formula is C24H23FN4O4S. The lowest BCUT2D eigenvalue weighted by Gasteiger charge is -2.44. The monoisotopic (exact) mass is 482 g/mol. The van der Waals surface area contributed by atoms with Gasteiger partial charge in [0.05, 0.1) is 5.69 Å². The number of rotatable bonds is 3. The van der Waals surface area contributed by atoms with E-state index >= 15 is 0 Å². The van der Waals surface area contributed by atoms with Gasteiger partial charge >= 0.3 is 0 Å². The van der Waals surface area contributed by atoms with Gasteiger partial charge in [-0.1, -0.05) is 12.1 Å². The van der Waals surface area contributed by atoms with Crippen LogP contribution < -0.4 is 11.1 Å². The molecule has 2 aromatic carbocycles. The van der Waals surface area contributed by atoms with Crippen molar-refractivity contribution in [2.75, 3.05) is 11.1 Å². The zero-order valence-electron chi connectivity index (χ0n) is 18.1. The summed E-state index contributed by atoms with van der Waals surface area (Å²) in [6.45, 7) is 0.230. The Morgan fingerprint density at radius 1 is 1.15 bits per heavy atom. The molecule has 4 aliphatic rings. The van der Waals surface area contributed by atoms with Crippen molar-refractivity contribution in [3.8, 4) is 0 Å². The van der Waals surface area contributed by atoms with Crippen molar-refractivity contribution in [3.05, 3.63) is 65.2 Å². The molecule has 2 fully saturated rings. The zero-order valence-corrected chi connectivity index (χ0v) is 18.9. The normalized spacial score (nSPS) is 28.9. The number of sulfonamides is 1. The fourth-order valence-electron chi connectivity index (χ4n) is 6.12. The second kappa shape index (κ2) is 7.30. The van der Waals surface area contributed by atoms with Crippen LogP contribution in [0.1, 0.15) is 24.8 Å². The molecule has 2 aliphatic carbocycles. The molecule has 10 heteroatoms. The van der Waals surface area contributed by atoms with Crippen LogP contribution in [0.15, 0.2) is 63.1 Å². The van der Waals surface area contributed by atoms with Crippen molar-refractivity contribution < 1.29 is 22.7 Å². The number of aliphatic hydroxyl groups is 1. The molecule has 1 amide bonds. The molecule has 2 aliphatic heterocycles. The smallest absolute Gasteiger partial charge is 0.286 e. The van der Waals surface area contributed by atoms with Crippen molar-refractivity contribution in [2.24, 2.45) is 22.2 Å². The van der Waals surface area contributed by atoms with E-state index in [9.17, 15) is 22.7 Å². The van der Waals surface area contributed by atoms with E-state index in [4.69, 9.17) is 5.73 Å². The number of amidine groups is 1. The third kappa shape index (κ3) is 3.12. The van der Waals surface area contributed by atoms with Gasteiger partial charge in [-0.05, 0) is 67.0 Å². The Morgan fingerprint density at radius 2 is 1.88 bits per heavy atom. The molecule has 34 heavy (non-hydrogen) atoms. The number of halogens is 1. The Labute approximate surface area is 196 Å². The maximum Gasteiger partial charge on any atom is 0.286 e. The number of nitrogens with zero attached hydrogens (tertiary/aromatic N) is 2. The highest BCUT2D eigenvalue weighted by Crippen LogP contribution is 2.55. The van der Waals surface area contributed by atoms with Crippen molar-refractivity contribution in [1.29, 1.82) is 0 Å². The van der Waals surface area contributed by atoms with Gasteiger partial charge in [0.25, 0.3) is 15.9 Å². The van der Waals surface area contributed by atoms with Crippen LogP contribution in [0.5, 0.6) is 0 Å². The highest BCUT2D eigenvalue weighted by Gasteiger charge is 2.57. The lowest BCUT2D eigenvalue weighted by molar-refractivity contribution is -0.134. The highest BCUT2D eigenvalue weighted by molar-refractivity contribution is 7.90. The summed E-state index contributed by atoms with van der Waals surface area (Å²) in [4.78, 5) is 15.4. The molecule has 0 spiro atoms. The minimum atomic E-state index is -4.14. The lowest BCUT2D eigenvalue weighted by Crippen LogP contribution is -2.53. The number of benzene rings is 2. The number of nitrogens with two attached hydrogens (primary N) is 1. The van der Waals surface area contributed by atoms with Crippen LogP contribution in [-0.4, -0.2) is 36.2 Å². The van der Waals surface area contributed by atoms with Gasteiger partial charge in [0, 0.05) is 24.2 Å². The molecule has 2 heterocycles. The van der Waals surface area contributed by atoms with E-state index in [-0.39, 0.29) is 69.6 Å². The molecule has 2 aromatic rings. The van der Waals surface area contributed by atoms with Crippen molar-refractivity contribution >= 4 is 33.1 Å². The summed E-state index contributed by atoms with van der Waals surface area (Å²) >= 11 is 0. The average molecular weight is 483 g/mol. The molecule has 8 nitrogen and oxygen atoms in total. The summed E-state index contributed by atoms with van der Waals surface area (Å²) in [5.41, 5.74) is 6.89. The van der Waals surface area contributed by atoms with Gasteiger partial charge in [-0.2, -0.15) is 8.42 Å². The van der Waals surface area contributed by atoms with Gasteiger partial charge in [-0.3, -0.25) is 4.79 Å². The first-order valence-electron chi connectivity index (χ1n) is 11.2. The lowest BCUT2D eigenvalue weighted by atomic mass is 9.77. The zero-order chi connectivity index (χ0) is 23.8. The van der Waals surface area contributed by atoms with E-state index in [1.54, 1.807) is 23.1 Å². The van der Waals surface area contributed by atoms with Crippen LogP contribution in [0.3, 0.4) is 0 Å². The number of amides is 1. The fraction of sp³-hybridized carbons (Fsp3) is 0.333. The number of anilines is 2. The third-order valence-corrected chi connectivity index (χ3v) is 8.85. The van der Waals surface area contributed by atoms with E-state index < -0.39 is 15.9 Å². The number of fused-ring (bicyclic) bond motifs is 6. The van der Waals surface area contributed by atoms with Crippen LogP contribution >= 0.6 is 0 Å². The predicted molar refractivity (Wildman–Crippen MR) is 124 cm³/mol. The summed E-state index contributed by atoms with van der Waals surface area (Å²) in [5.74, 6) is -0.959. The van der Waals surface area contributed by atoms with Gasteiger partial charge in [0.2, 0.25) is 0 Å². The number of carbonyl (C=O) groups is 1. The summed E-state index contributed by atoms with van der Waals surface area (Å²) in [7, 11) is -4.14. The van der Waals surface area contributed by atoms with E-state index in [0.29, 0.717) is 0 Å². The third-order valence-electron chi connectivity index (χ3n) is 7.53. The van der Waals surface area contributed by atoms with Crippen molar-refractivity contribution in [2.45, 2.75) is 36.7 Å². The number of hydrogen-bond acceptors (Lipinski definition) is 6. The van der Waals surface area contributed by atoms with Crippen LogP contribution in [0, 0.1) is 23.6 Å². The van der Waals surface area contributed by atoms with Crippen molar-refractivity contribution in [3.63, 3.8) is 0 Å². The molecule has 2 bridgehead atoms. The number of nitrogen functional groups attached to an aromatic ring is 1. The molecule has 176 valence electrons. The quantitative estimate of drug-likeness (QED) is 0.577. The highest BCUT2D eigenvalue weighted by atomic mass is 32.2. The number of carbonyl (C=O) groups excluding carboxylic acids is 1. The summed E-state index contributed by atoms with van der Waals surface area (Å²) in [6, 6.07) is 10.1.